The van der Waals surface area contributed by atoms with Crippen molar-refractivity contribution in [1.29, 1.82) is 0 Å². The minimum atomic E-state index is 1.08. The molecule has 260 valence electrons. The lowest BCUT2D eigenvalue weighted by atomic mass is 9.91. The van der Waals surface area contributed by atoms with Gasteiger partial charge in [-0.2, -0.15) is 0 Å². The van der Waals surface area contributed by atoms with E-state index in [9.17, 15) is 0 Å². The van der Waals surface area contributed by atoms with Gasteiger partial charge >= 0.3 is 0 Å². The van der Waals surface area contributed by atoms with Crippen molar-refractivity contribution in [3.8, 4) is 39.1 Å². The molecule has 0 N–H and O–H groups in total. The quantitative estimate of drug-likeness (QED) is 0.160. The molecule has 0 aliphatic carbocycles. The molecule has 0 atom stereocenters. The third-order valence-corrected chi connectivity index (χ3v) is 10.9. The normalized spacial score (nSPS) is 11.4. The summed E-state index contributed by atoms with van der Waals surface area (Å²) in [7, 11) is 0. The van der Waals surface area contributed by atoms with Crippen LogP contribution in [0, 0.1) is 6.92 Å². The van der Waals surface area contributed by atoms with Gasteiger partial charge in [0.2, 0.25) is 0 Å². The summed E-state index contributed by atoms with van der Waals surface area (Å²) in [6.07, 6.45) is 0. The molecule has 55 heavy (non-hydrogen) atoms. The molecule has 2 heteroatoms. The lowest BCUT2D eigenvalue weighted by Crippen LogP contribution is -2.13. The minimum Gasteiger partial charge on any atom is -0.309 e. The standard InChI is InChI=1S/C53H38N2/c1-37-18-16-30-47-51(37)46-34-33-43(36-50(46)54(47)42-26-12-5-13-27-42)55(49-35-32-39-21-14-15-28-44(39)53(49)41-24-10-4-11-25-41)48-31-17-29-45(38-19-6-2-7-20-38)52(48)40-22-8-3-9-23-40/h2-36H,1H3. The summed E-state index contributed by atoms with van der Waals surface area (Å²) in [5, 5.41) is 4.95. The van der Waals surface area contributed by atoms with E-state index >= 15 is 0 Å². The summed E-state index contributed by atoms with van der Waals surface area (Å²) in [5.74, 6) is 0. The molecule has 0 spiro atoms. The van der Waals surface area contributed by atoms with Gasteiger partial charge in [0.25, 0.3) is 0 Å². The molecule has 1 aromatic heterocycles. The van der Waals surface area contributed by atoms with Gasteiger partial charge in [0.05, 0.1) is 22.4 Å². The van der Waals surface area contributed by atoms with Crippen LogP contribution in [0.5, 0.6) is 0 Å². The van der Waals surface area contributed by atoms with Crippen LogP contribution in [-0.2, 0) is 0 Å². The molecule has 1 heterocycles. The van der Waals surface area contributed by atoms with Crippen molar-refractivity contribution < 1.29 is 0 Å². The molecule has 0 radical (unpaired) electrons. The van der Waals surface area contributed by atoms with E-state index in [4.69, 9.17) is 0 Å². The molecule has 10 rings (SSSR count). The van der Waals surface area contributed by atoms with E-state index < -0.39 is 0 Å². The van der Waals surface area contributed by atoms with Crippen LogP contribution in [0.3, 0.4) is 0 Å². The Labute approximate surface area is 321 Å². The summed E-state index contributed by atoms with van der Waals surface area (Å²) in [4.78, 5) is 2.50. The third kappa shape index (κ3) is 5.59. The molecular weight excluding hydrogens is 665 g/mol. The number of aryl methyl sites for hydroxylation is 1. The van der Waals surface area contributed by atoms with Crippen molar-refractivity contribution >= 4 is 49.6 Å². The summed E-state index contributed by atoms with van der Waals surface area (Å²) in [6.45, 7) is 2.22. The van der Waals surface area contributed by atoms with Crippen molar-refractivity contribution in [2.75, 3.05) is 4.90 Å². The molecular formula is C53H38N2. The maximum atomic E-state index is 2.50. The Hall–Kier alpha value is -7.16. The zero-order valence-electron chi connectivity index (χ0n) is 30.6. The van der Waals surface area contributed by atoms with Gasteiger partial charge in [-0.3, -0.25) is 0 Å². The van der Waals surface area contributed by atoms with E-state index in [1.807, 2.05) is 0 Å². The first kappa shape index (κ1) is 32.5. The van der Waals surface area contributed by atoms with Crippen molar-refractivity contribution in [2.45, 2.75) is 6.92 Å². The average Bonchev–Trinajstić information content (AvgIpc) is 3.59. The van der Waals surface area contributed by atoms with E-state index in [0.717, 1.165) is 22.7 Å². The van der Waals surface area contributed by atoms with Crippen molar-refractivity contribution in [3.05, 3.63) is 218 Å². The zero-order valence-corrected chi connectivity index (χ0v) is 30.6. The number of anilines is 3. The lowest BCUT2D eigenvalue weighted by Gasteiger charge is -2.31. The fourth-order valence-corrected chi connectivity index (χ4v) is 8.49. The zero-order chi connectivity index (χ0) is 36.7. The number of rotatable bonds is 7. The van der Waals surface area contributed by atoms with Crippen molar-refractivity contribution in [2.24, 2.45) is 0 Å². The fraction of sp³-hybridized carbons (Fsp3) is 0.0189. The summed E-state index contributed by atoms with van der Waals surface area (Å²) < 4.78 is 2.43. The van der Waals surface area contributed by atoms with E-state index in [-0.39, 0.29) is 0 Å². The second kappa shape index (κ2) is 13.7. The van der Waals surface area contributed by atoms with Crippen molar-refractivity contribution in [1.82, 2.24) is 4.57 Å². The SMILES string of the molecule is Cc1cccc2c1c1ccc(N(c3cccc(-c4ccccc4)c3-c3ccccc3)c3ccc4ccccc4c3-c3ccccc3)cc1n2-c1ccccc1. The van der Waals surface area contributed by atoms with Gasteiger partial charge < -0.3 is 9.47 Å². The van der Waals surface area contributed by atoms with Crippen LogP contribution in [-0.4, -0.2) is 4.57 Å². The van der Waals surface area contributed by atoms with Gasteiger partial charge in [0.1, 0.15) is 0 Å². The molecule has 0 saturated carbocycles. The predicted octanol–water partition coefficient (Wildman–Crippen LogP) is 14.7. The maximum Gasteiger partial charge on any atom is 0.0562 e. The number of aromatic nitrogens is 1. The summed E-state index contributed by atoms with van der Waals surface area (Å²) >= 11 is 0. The van der Waals surface area contributed by atoms with Crippen LogP contribution in [0.1, 0.15) is 5.56 Å². The first-order valence-corrected chi connectivity index (χ1v) is 18.9. The number of para-hydroxylation sites is 1. The molecule has 0 bridgehead atoms. The number of benzene rings is 9. The smallest absolute Gasteiger partial charge is 0.0562 e. The van der Waals surface area contributed by atoms with Crippen LogP contribution in [0.25, 0.3) is 71.6 Å². The molecule has 9 aromatic carbocycles. The molecule has 0 aliphatic heterocycles. The average molecular weight is 703 g/mol. The van der Waals surface area contributed by atoms with E-state index in [2.05, 4.69) is 229 Å². The van der Waals surface area contributed by atoms with Crippen LogP contribution < -0.4 is 4.90 Å². The molecule has 2 nitrogen and oxygen atoms in total. The minimum absolute atomic E-state index is 1.08. The molecule has 0 unspecified atom stereocenters. The molecule has 0 amide bonds. The molecule has 0 aliphatic rings. The van der Waals surface area contributed by atoms with Gasteiger partial charge in [-0.15, -0.1) is 0 Å². The Morgan fingerprint density at radius 3 is 1.73 bits per heavy atom. The Morgan fingerprint density at radius 1 is 0.400 bits per heavy atom. The fourth-order valence-electron chi connectivity index (χ4n) is 8.49. The van der Waals surface area contributed by atoms with Gasteiger partial charge in [0, 0.05) is 33.3 Å². The monoisotopic (exact) mass is 702 g/mol. The Morgan fingerprint density at radius 2 is 1.00 bits per heavy atom. The summed E-state index contributed by atoms with van der Waals surface area (Å²) in [6, 6.07) is 77.1. The highest BCUT2D eigenvalue weighted by atomic mass is 15.2. The Bertz CT molecular complexity index is 2960. The van der Waals surface area contributed by atoms with Gasteiger partial charge in [0.15, 0.2) is 0 Å². The number of nitrogens with zero attached hydrogens (tertiary/aromatic N) is 2. The van der Waals surface area contributed by atoms with Crippen LogP contribution in [0.2, 0.25) is 0 Å². The van der Waals surface area contributed by atoms with Gasteiger partial charge in [-0.1, -0.05) is 170 Å². The molecule has 0 saturated heterocycles. The second-order valence-electron chi connectivity index (χ2n) is 14.2. The predicted molar refractivity (Wildman–Crippen MR) is 234 cm³/mol. The van der Waals surface area contributed by atoms with E-state index in [1.54, 1.807) is 0 Å². The van der Waals surface area contributed by atoms with Gasteiger partial charge in [-0.05, 0) is 88.0 Å². The lowest BCUT2D eigenvalue weighted by molar-refractivity contribution is 1.18. The van der Waals surface area contributed by atoms with E-state index in [0.29, 0.717) is 0 Å². The number of hydrogen-bond acceptors (Lipinski definition) is 1. The number of fused-ring (bicyclic) bond motifs is 4. The van der Waals surface area contributed by atoms with Crippen molar-refractivity contribution in [3.63, 3.8) is 0 Å². The maximum absolute atomic E-state index is 2.50. The third-order valence-electron chi connectivity index (χ3n) is 10.9. The van der Waals surface area contributed by atoms with E-state index in [1.165, 1.54) is 71.5 Å². The number of hydrogen-bond donors (Lipinski definition) is 0. The van der Waals surface area contributed by atoms with Crippen LogP contribution >= 0.6 is 0 Å². The highest BCUT2D eigenvalue weighted by Crippen LogP contribution is 2.50. The van der Waals surface area contributed by atoms with Crippen LogP contribution in [0.15, 0.2) is 212 Å². The Kier molecular flexibility index (Phi) is 8.08. The second-order valence-corrected chi connectivity index (χ2v) is 14.2. The Balaban J connectivity index is 1.35. The van der Waals surface area contributed by atoms with Gasteiger partial charge in [-0.25, -0.2) is 0 Å². The largest absolute Gasteiger partial charge is 0.309 e. The highest BCUT2D eigenvalue weighted by Gasteiger charge is 2.25. The first-order chi connectivity index (χ1) is 27.2. The molecule has 10 aromatic rings. The first-order valence-electron chi connectivity index (χ1n) is 18.9. The topological polar surface area (TPSA) is 8.17 Å². The van der Waals surface area contributed by atoms with Crippen LogP contribution in [0.4, 0.5) is 17.1 Å². The highest BCUT2D eigenvalue weighted by molar-refractivity contribution is 6.13. The summed E-state index contributed by atoms with van der Waals surface area (Å²) in [5.41, 5.74) is 15.2. The molecule has 0 fully saturated rings.